The molecule has 26 heavy (non-hydrogen) atoms. The number of hydrogen-bond acceptors (Lipinski definition) is 1. The largest absolute Gasteiger partial charge is 0.293 e. The van der Waals surface area contributed by atoms with Gasteiger partial charge in [-0.25, -0.2) is 0 Å². The molecule has 136 valence electrons. The molecule has 0 spiro atoms. The van der Waals surface area contributed by atoms with E-state index in [2.05, 4.69) is 78.8 Å². The van der Waals surface area contributed by atoms with Crippen LogP contribution >= 0.6 is 0 Å². The van der Waals surface area contributed by atoms with Crippen molar-refractivity contribution in [3.63, 3.8) is 0 Å². The average Bonchev–Trinajstić information content (AvgIpc) is 2.95. The second kappa shape index (κ2) is 6.54. The predicted molar refractivity (Wildman–Crippen MR) is 111 cm³/mol. The molecule has 0 saturated heterocycles. The van der Waals surface area contributed by atoms with Gasteiger partial charge in [0.2, 0.25) is 0 Å². The molecule has 0 radical (unpaired) electrons. The van der Waals surface area contributed by atoms with E-state index >= 15 is 0 Å². The summed E-state index contributed by atoms with van der Waals surface area (Å²) in [6, 6.07) is 10.4. The molecule has 0 aromatic heterocycles. The Hall–Kier alpha value is -2.15. The Morgan fingerprint density at radius 1 is 0.846 bits per heavy atom. The first-order chi connectivity index (χ1) is 12.1. The fourth-order valence-electron chi connectivity index (χ4n) is 4.41. The number of rotatable bonds is 3. The highest BCUT2D eigenvalue weighted by Crippen LogP contribution is 2.46. The summed E-state index contributed by atoms with van der Waals surface area (Å²) >= 11 is 0. The monoisotopic (exact) mass is 346 g/mol. The van der Waals surface area contributed by atoms with Gasteiger partial charge in [0.1, 0.15) is 0 Å². The summed E-state index contributed by atoms with van der Waals surface area (Å²) in [4.78, 5) is 13.7. The van der Waals surface area contributed by atoms with Crippen LogP contribution in [0.5, 0.6) is 0 Å². The van der Waals surface area contributed by atoms with Crippen LogP contribution in [-0.2, 0) is 0 Å². The van der Waals surface area contributed by atoms with Crippen molar-refractivity contribution < 1.29 is 4.79 Å². The summed E-state index contributed by atoms with van der Waals surface area (Å²) in [5.41, 5.74) is 9.44. The molecule has 2 aromatic rings. The zero-order valence-corrected chi connectivity index (χ0v) is 17.2. The van der Waals surface area contributed by atoms with E-state index in [4.69, 9.17) is 0 Å². The van der Waals surface area contributed by atoms with Crippen molar-refractivity contribution >= 4 is 11.4 Å². The molecule has 0 fully saturated rings. The lowest BCUT2D eigenvalue weighted by Crippen LogP contribution is -2.20. The minimum Gasteiger partial charge on any atom is -0.293 e. The molecule has 0 N–H and O–H groups in total. The molecule has 1 atom stereocenters. The van der Waals surface area contributed by atoms with Crippen molar-refractivity contribution in [3.8, 4) is 0 Å². The average molecular weight is 347 g/mol. The summed E-state index contributed by atoms with van der Waals surface area (Å²) in [5, 5.41) is 0. The van der Waals surface area contributed by atoms with Crippen LogP contribution in [0.15, 0.2) is 36.4 Å². The van der Waals surface area contributed by atoms with Crippen molar-refractivity contribution in [2.24, 2.45) is 11.3 Å². The van der Waals surface area contributed by atoms with Gasteiger partial charge >= 0.3 is 0 Å². The summed E-state index contributed by atoms with van der Waals surface area (Å²) in [6.07, 6.45) is 3.18. The Balaban J connectivity index is 2.13. The van der Waals surface area contributed by atoms with Gasteiger partial charge in [0, 0.05) is 11.5 Å². The van der Waals surface area contributed by atoms with Crippen molar-refractivity contribution in [1.29, 1.82) is 0 Å². The fraction of sp³-hybridized carbons (Fsp3) is 0.400. The van der Waals surface area contributed by atoms with Gasteiger partial charge in [0.05, 0.1) is 0 Å². The van der Waals surface area contributed by atoms with Crippen molar-refractivity contribution in [2.75, 3.05) is 0 Å². The van der Waals surface area contributed by atoms with Crippen LogP contribution in [0.3, 0.4) is 0 Å². The molecular formula is C25H30O. The Labute approximate surface area is 158 Å². The van der Waals surface area contributed by atoms with Crippen LogP contribution in [0.25, 0.3) is 5.57 Å². The van der Waals surface area contributed by atoms with E-state index < -0.39 is 0 Å². The molecule has 0 aliphatic heterocycles. The first kappa shape index (κ1) is 18.6. The molecule has 0 amide bonds. The Bertz CT molecular complexity index is 868. The van der Waals surface area contributed by atoms with Gasteiger partial charge in [0.15, 0.2) is 5.78 Å². The first-order valence-electron chi connectivity index (χ1n) is 9.53. The van der Waals surface area contributed by atoms with Gasteiger partial charge in [-0.1, -0.05) is 50.3 Å². The van der Waals surface area contributed by atoms with Gasteiger partial charge in [-0.05, 0) is 85.4 Å². The van der Waals surface area contributed by atoms with Crippen molar-refractivity contribution in [2.45, 2.75) is 54.9 Å². The molecule has 0 bridgehead atoms. The van der Waals surface area contributed by atoms with Gasteiger partial charge in [0.25, 0.3) is 0 Å². The minimum atomic E-state index is -0.0636. The molecule has 1 aliphatic rings. The van der Waals surface area contributed by atoms with Crippen molar-refractivity contribution in [1.82, 2.24) is 0 Å². The van der Waals surface area contributed by atoms with Gasteiger partial charge in [-0.15, -0.1) is 0 Å². The molecule has 1 unspecified atom stereocenters. The Kier molecular flexibility index (Phi) is 4.69. The molecule has 0 saturated carbocycles. The van der Waals surface area contributed by atoms with Gasteiger partial charge in [-0.3, -0.25) is 4.79 Å². The van der Waals surface area contributed by atoms with E-state index in [-0.39, 0.29) is 17.1 Å². The SMILES string of the molecule is Cc1c(C)c(C)c(C(=O)C2CC(C)(C)C=C2c2ccccc2)c(C)c1C. The topological polar surface area (TPSA) is 17.1 Å². The predicted octanol–water partition coefficient (Wildman–Crippen LogP) is 6.54. The maximum absolute atomic E-state index is 13.7. The number of Topliss-reactive ketones (excluding diaryl/α,β-unsaturated/α-hetero) is 1. The van der Waals surface area contributed by atoms with E-state index in [1.165, 1.54) is 27.8 Å². The van der Waals surface area contributed by atoms with Gasteiger partial charge in [-0.2, -0.15) is 0 Å². The van der Waals surface area contributed by atoms with E-state index in [1.807, 2.05) is 6.07 Å². The van der Waals surface area contributed by atoms with Crippen LogP contribution in [0.2, 0.25) is 0 Å². The van der Waals surface area contributed by atoms with Crippen LogP contribution in [0, 0.1) is 46.0 Å². The second-order valence-corrected chi connectivity index (χ2v) is 8.58. The number of carbonyl (C=O) groups is 1. The maximum atomic E-state index is 13.7. The highest BCUT2D eigenvalue weighted by molar-refractivity contribution is 6.08. The summed E-state index contributed by atoms with van der Waals surface area (Å²) in [6.45, 7) is 15.1. The number of benzene rings is 2. The molecular weight excluding hydrogens is 316 g/mol. The normalized spacial score (nSPS) is 18.7. The maximum Gasteiger partial charge on any atom is 0.170 e. The smallest absolute Gasteiger partial charge is 0.170 e. The summed E-state index contributed by atoms with van der Waals surface area (Å²) in [7, 11) is 0. The lowest BCUT2D eigenvalue weighted by atomic mass is 9.80. The van der Waals surface area contributed by atoms with Crippen molar-refractivity contribution in [3.05, 3.63) is 75.4 Å². The summed E-state index contributed by atoms with van der Waals surface area (Å²) in [5.74, 6) is 0.221. The number of ketones is 1. The third-order valence-electron chi connectivity index (χ3n) is 6.32. The van der Waals surface area contributed by atoms with E-state index in [0.29, 0.717) is 0 Å². The molecule has 1 aliphatic carbocycles. The number of carbonyl (C=O) groups excluding carboxylic acids is 1. The lowest BCUT2D eigenvalue weighted by Gasteiger charge is -2.23. The van der Waals surface area contributed by atoms with Crippen LogP contribution in [0.4, 0.5) is 0 Å². The van der Waals surface area contributed by atoms with E-state index in [0.717, 1.165) is 23.1 Å². The molecule has 1 nitrogen and oxygen atoms in total. The third-order valence-corrected chi connectivity index (χ3v) is 6.32. The molecule has 1 heteroatoms. The zero-order chi connectivity index (χ0) is 19.2. The van der Waals surface area contributed by atoms with Crippen LogP contribution in [0.1, 0.15) is 64.0 Å². The third kappa shape index (κ3) is 3.05. The molecule has 0 heterocycles. The number of hydrogen-bond donors (Lipinski definition) is 0. The highest BCUT2D eigenvalue weighted by atomic mass is 16.1. The van der Waals surface area contributed by atoms with E-state index in [1.54, 1.807) is 0 Å². The molecule has 2 aromatic carbocycles. The molecule has 3 rings (SSSR count). The minimum absolute atomic E-state index is 0.0437. The Morgan fingerprint density at radius 3 is 1.88 bits per heavy atom. The summed E-state index contributed by atoms with van der Waals surface area (Å²) < 4.78 is 0. The quantitative estimate of drug-likeness (QED) is 0.577. The second-order valence-electron chi connectivity index (χ2n) is 8.58. The first-order valence-corrected chi connectivity index (χ1v) is 9.53. The van der Waals surface area contributed by atoms with Gasteiger partial charge < -0.3 is 0 Å². The van der Waals surface area contributed by atoms with Crippen LogP contribution < -0.4 is 0 Å². The zero-order valence-electron chi connectivity index (χ0n) is 17.2. The fourth-order valence-corrected chi connectivity index (χ4v) is 4.41. The van der Waals surface area contributed by atoms with E-state index in [9.17, 15) is 4.79 Å². The van der Waals surface area contributed by atoms with Crippen LogP contribution in [-0.4, -0.2) is 5.78 Å². The highest BCUT2D eigenvalue weighted by Gasteiger charge is 2.38. The lowest BCUT2D eigenvalue weighted by molar-refractivity contribution is 0.0936. The Morgan fingerprint density at radius 2 is 1.35 bits per heavy atom. The standard InChI is InChI=1S/C25H30O/c1-15-16(2)18(4)23(19(5)17(15)3)24(26)22-14-25(6,7)13-21(22)20-11-9-8-10-12-20/h8-13,22H,14H2,1-7H3. The number of allylic oxidation sites excluding steroid dienone is 2.